The molecule has 0 unspecified atom stereocenters. The summed E-state index contributed by atoms with van der Waals surface area (Å²) in [6, 6.07) is 15.5. The van der Waals surface area contributed by atoms with Crippen molar-refractivity contribution in [3.8, 4) is 0 Å². The van der Waals surface area contributed by atoms with Crippen molar-refractivity contribution in [3.05, 3.63) is 71.3 Å². The molecule has 0 fully saturated rings. The molecule has 0 spiro atoms. The molecule has 0 aliphatic rings. The molecule has 0 radical (unpaired) electrons. The molecule has 0 amide bonds. The summed E-state index contributed by atoms with van der Waals surface area (Å²) in [5.74, 6) is -2.65. The molecule has 0 aliphatic carbocycles. The van der Waals surface area contributed by atoms with Crippen LogP contribution in [0.5, 0.6) is 0 Å². The quantitative estimate of drug-likeness (QED) is 0.655. The van der Waals surface area contributed by atoms with E-state index in [0.29, 0.717) is 16.7 Å². The Morgan fingerprint density at radius 2 is 1.65 bits per heavy atom. The van der Waals surface area contributed by atoms with Crippen molar-refractivity contribution in [3.63, 3.8) is 0 Å². The standard InChI is InChI=1S/C18H16O5/c1-12(18(22)23-11-16(19)20)14-8-5-9-15(10-14)17(21)13-6-3-2-4-7-13/h2-10,12H,11H2,1H3,(H,19,20)/t12-/m0/s1. The van der Waals surface area contributed by atoms with Crippen molar-refractivity contribution in [1.82, 2.24) is 0 Å². The lowest BCUT2D eigenvalue weighted by atomic mass is 9.96. The van der Waals surface area contributed by atoms with Gasteiger partial charge in [0, 0.05) is 11.1 Å². The van der Waals surface area contributed by atoms with E-state index in [1.54, 1.807) is 55.5 Å². The number of carbonyl (C=O) groups excluding carboxylic acids is 2. The van der Waals surface area contributed by atoms with E-state index in [2.05, 4.69) is 4.74 Å². The van der Waals surface area contributed by atoms with E-state index in [0.717, 1.165) is 0 Å². The Bertz CT molecular complexity index is 721. The second-order valence-corrected chi connectivity index (χ2v) is 5.04. The molecule has 23 heavy (non-hydrogen) atoms. The van der Waals surface area contributed by atoms with Crippen LogP contribution in [0.2, 0.25) is 0 Å². The average molecular weight is 312 g/mol. The van der Waals surface area contributed by atoms with Crippen LogP contribution in [-0.2, 0) is 14.3 Å². The van der Waals surface area contributed by atoms with Crippen LogP contribution < -0.4 is 0 Å². The highest BCUT2D eigenvalue weighted by Gasteiger charge is 2.19. The monoisotopic (exact) mass is 312 g/mol. The Hall–Kier alpha value is -2.95. The highest BCUT2D eigenvalue weighted by atomic mass is 16.5. The molecular weight excluding hydrogens is 296 g/mol. The van der Waals surface area contributed by atoms with Crippen LogP contribution in [0.15, 0.2) is 54.6 Å². The number of benzene rings is 2. The smallest absolute Gasteiger partial charge is 0.341 e. The molecule has 2 rings (SSSR count). The van der Waals surface area contributed by atoms with Crippen LogP contribution >= 0.6 is 0 Å². The van der Waals surface area contributed by atoms with Crippen LogP contribution in [0.4, 0.5) is 0 Å². The minimum absolute atomic E-state index is 0.140. The van der Waals surface area contributed by atoms with E-state index in [4.69, 9.17) is 5.11 Å². The van der Waals surface area contributed by atoms with E-state index < -0.39 is 24.5 Å². The molecule has 2 aromatic rings. The number of esters is 1. The zero-order chi connectivity index (χ0) is 16.8. The zero-order valence-electron chi connectivity index (χ0n) is 12.6. The van der Waals surface area contributed by atoms with Gasteiger partial charge in [0.2, 0.25) is 0 Å². The third-order valence-corrected chi connectivity index (χ3v) is 3.38. The molecule has 0 bridgehead atoms. The van der Waals surface area contributed by atoms with E-state index in [-0.39, 0.29) is 5.78 Å². The Morgan fingerprint density at radius 3 is 2.30 bits per heavy atom. The van der Waals surface area contributed by atoms with Gasteiger partial charge in [0.15, 0.2) is 12.4 Å². The van der Waals surface area contributed by atoms with Gasteiger partial charge in [-0.3, -0.25) is 9.59 Å². The third kappa shape index (κ3) is 4.26. The average Bonchev–Trinajstić information content (AvgIpc) is 2.59. The maximum atomic E-state index is 12.4. The number of carboxylic acid groups (broad SMARTS) is 1. The van der Waals surface area contributed by atoms with E-state index in [1.165, 1.54) is 0 Å². The molecule has 0 saturated carbocycles. The normalized spacial score (nSPS) is 11.5. The fraction of sp³-hybridized carbons (Fsp3) is 0.167. The Kier molecular flexibility index (Phi) is 5.25. The molecule has 1 N–H and O–H groups in total. The molecule has 0 saturated heterocycles. The van der Waals surface area contributed by atoms with Crippen molar-refractivity contribution in [2.75, 3.05) is 6.61 Å². The van der Waals surface area contributed by atoms with Gasteiger partial charge in [0.25, 0.3) is 0 Å². The van der Waals surface area contributed by atoms with Crippen molar-refractivity contribution in [2.45, 2.75) is 12.8 Å². The minimum atomic E-state index is -1.21. The van der Waals surface area contributed by atoms with Gasteiger partial charge in [-0.05, 0) is 18.6 Å². The first-order chi connectivity index (χ1) is 11.0. The van der Waals surface area contributed by atoms with Crippen molar-refractivity contribution in [2.24, 2.45) is 0 Å². The summed E-state index contributed by atoms with van der Waals surface area (Å²) in [7, 11) is 0. The SMILES string of the molecule is C[C@H](C(=O)OCC(=O)O)c1cccc(C(=O)c2ccccc2)c1. The van der Waals surface area contributed by atoms with Gasteiger partial charge < -0.3 is 9.84 Å². The molecule has 0 aliphatic heterocycles. The molecule has 5 nitrogen and oxygen atoms in total. The lowest BCUT2D eigenvalue weighted by Gasteiger charge is -2.12. The number of ether oxygens (including phenoxy) is 1. The minimum Gasteiger partial charge on any atom is -0.479 e. The van der Waals surface area contributed by atoms with Crippen molar-refractivity contribution < 1.29 is 24.2 Å². The first-order valence-corrected chi connectivity index (χ1v) is 7.07. The summed E-state index contributed by atoms with van der Waals surface area (Å²) in [5.41, 5.74) is 1.62. The molecule has 5 heteroatoms. The lowest BCUT2D eigenvalue weighted by molar-refractivity contribution is -0.155. The number of aliphatic carboxylic acids is 1. The largest absolute Gasteiger partial charge is 0.479 e. The number of hydrogen-bond donors (Lipinski definition) is 1. The van der Waals surface area contributed by atoms with Crippen LogP contribution in [0.25, 0.3) is 0 Å². The van der Waals surface area contributed by atoms with Gasteiger partial charge in [-0.25, -0.2) is 4.79 Å². The summed E-state index contributed by atoms with van der Waals surface area (Å²) in [4.78, 5) is 34.7. The molecular formula is C18H16O5. The summed E-state index contributed by atoms with van der Waals surface area (Å²) in [6.07, 6.45) is 0. The summed E-state index contributed by atoms with van der Waals surface area (Å²) in [5, 5.41) is 8.54. The number of carboxylic acids is 1. The predicted octanol–water partition coefficient (Wildman–Crippen LogP) is 2.65. The highest BCUT2D eigenvalue weighted by molar-refractivity contribution is 6.09. The Morgan fingerprint density at radius 1 is 1.00 bits per heavy atom. The molecule has 1 atom stereocenters. The summed E-state index contributed by atoms with van der Waals surface area (Å²) in [6.45, 7) is 0.933. The predicted molar refractivity (Wildman–Crippen MR) is 83.3 cm³/mol. The van der Waals surface area contributed by atoms with Gasteiger partial charge in [0.05, 0.1) is 5.92 Å². The molecule has 0 heterocycles. The molecule has 118 valence electrons. The summed E-state index contributed by atoms with van der Waals surface area (Å²) < 4.78 is 4.68. The summed E-state index contributed by atoms with van der Waals surface area (Å²) >= 11 is 0. The maximum absolute atomic E-state index is 12.4. The molecule has 2 aromatic carbocycles. The van der Waals surface area contributed by atoms with Gasteiger partial charge in [-0.15, -0.1) is 0 Å². The second kappa shape index (κ2) is 7.35. The van der Waals surface area contributed by atoms with Crippen LogP contribution in [-0.4, -0.2) is 29.4 Å². The maximum Gasteiger partial charge on any atom is 0.341 e. The first kappa shape index (κ1) is 16.4. The van der Waals surface area contributed by atoms with Gasteiger partial charge >= 0.3 is 11.9 Å². The number of ketones is 1. The van der Waals surface area contributed by atoms with Crippen molar-refractivity contribution in [1.29, 1.82) is 0 Å². The van der Waals surface area contributed by atoms with Gasteiger partial charge in [0.1, 0.15) is 0 Å². The van der Waals surface area contributed by atoms with Crippen molar-refractivity contribution >= 4 is 17.7 Å². The van der Waals surface area contributed by atoms with E-state index >= 15 is 0 Å². The van der Waals surface area contributed by atoms with Crippen LogP contribution in [0.3, 0.4) is 0 Å². The Balaban J connectivity index is 2.18. The highest BCUT2D eigenvalue weighted by Crippen LogP contribution is 2.20. The van der Waals surface area contributed by atoms with E-state index in [1.807, 2.05) is 6.07 Å². The fourth-order valence-electron chi connectivity index (χ4n) is 2.10. The van der Waals surface area contributed by atoms with Crippen LogP contribution in [0, 0.1) is 0 Å². The first-order valence-electron chi connectivity index (χ1n) is 7.07. The zero-order valence-corrected chi connectivity index (χ0v) is 12.6. The van der Waals surface area contributed by atoms with Gasteiger partial charge in [-0.1, -0.05) is 48.5 Å². The molecule has 0 aromatic heterocycles. The lowest BCUT2D eigenvalue weighted by Crippen LogP contribution is -2.18. The third-order valence-electron chi connectivity index (χ3n) is 3.38. The fourth-order valence-corrected chi connectivity index (χ4v) is 2.10. The number of rotatable bonds is 6. The number of carbonyl (C=O) groups is 3. The van der Waals surface area contributed by atoms with E-state index in [9.17, 15) is 14.4 Å². The number of hydrogen-bond acceptors (Lipinski definition) is 4. The topological polar surface area (TPSA) is 80.7 Å². The Labute approximate surface area is 133 Å². The van der Waals surface area contributed by atoms with Crippen LogP contribution in [0.1, 0.15) is 34.3 Å². The second-order valence-electron chi connectivity index (χ2n) is 5.04. The van der Waals surface area contributed by atoms with Gasteiger partial charge in [-0.2, -0.15) is 0 Å².